The minimum absolute atomic E-state index is 0.00172. The molecule has 0 atom stereocenters. The Bertz CT molecular complexity index is 822. The van der Waals surface area contributed by atoms with Crippen molar-refractivity contribution in [1.29, 1.82) is 0 Å². The maximum absolute atomic E-state index is 12.1. The maximum Gasteiger partial charge on any atom is 0.337 e. The highest BCUT2D eigenvalue weighted by atomic mass is 35.5. The Morgan fingerprint density at radius 3 is 2.27 bits per heavy atom. The van der Waals surface area contributed by atoms with E-state index in [2.05, 4.69) is 20.7 Å². The van der Waals surface area contributed by atoms with Gasteiger partial charge in [-0.1, -0.05) is 11.6 Å². The third-order valence-electron chi connectivity index (χ3n) is 3.32. The van der Waals surface area contributed by atoms with Gasteiger partial charge in [0.15, 0.2) is 0 Å². The zero-order chi connectivity index (χ0) is 19.1. The van der Waals surface area contributed by atoms with E-state index in [1.54, 1.807) is 24.3 Å². The molecule has 0 spiro atoms. The molecule has 0 fully saturated rings. The lowest BCUT2D eigenvalue weighted by Gasteiger charge is -2.11. The second kappa shape index (κ2) is 8.87. The SMILES string of the molecule is COC(=O)c1ccc(Cl)c(NC(=O)CNc2ccc(NC(C)=O)cc2)c1. The molecule has 2 aromatic rings. The zero-order valence-corrected chi connectivity index (χ0v) is 15.0. The number of esters is 1. The van der Waals surface area contributed by atoms with Gasteiger partial charge >= 0.3 is 5.97 Å². The Labute approximate surface area is 155 Å². The molecule has 0 aromatic heterocycles. The molecule has 0 aliphatic rings. The largest absolute Gasteiger partial charge is 0.465 e. The monoisotopic (exact) mass is 375 g/mol. The van der Waals surface area contributed by atoms with Gasteiger partial charge in [0, 0.05) is 18.3 Å². The van der Waals surface area contributed by atoms with E-state index in [0.717, 1.165) is 0 Å². The molecule has 0 heterocycles. The minimum atomic E-state index is -0.519. The standard InChI is InChI=1S/C18H18ClN3O4/c1-11(23)21-14-6-4-13(5-7-14)20-10-17(24)22-16-9-12(18(25)26-2)3-8-15(16)19/h3-9,20H,10H2,1-2H3,(H,21,23)(H,22,24). The van der Waals surface area contributed by atoms with Crippen LogP contribution in [0.1, 0.15) is 17.3 Å². The number of nitrogens with one attached hydrogen (secondary N) is 3. The Hall–Kier alpha value is -3.06. The molecule has 0 saturated heterocycles. The Balaban J connectivity index is 1.94. The fourth-order valence-corrected chi connectivity index (χ4v) is 2.28. The molecule has 0 bridgehead atoms. The normalized spacial score (nSPS) is 9.96. The smallest absolute Gasteiger partial charge is 0.337 e. The number of benzene rings is 2. The van der Waals surface area contributed by atoms with Gasteiger partial charge < -0.3 is 20.7 Å². The van der Waals surface area contributed by atoms with Gasteiger partial charge in [0.2, 0.25) is 11.8 Å². The second-order valence-corrected chi connectivity index (χ2v) is 5.75. The molecule has 0 aliphatic carbocycles. The summed E-state index contributed by atoms with van der Waals surface area (Å²) in [4.78, 5) is 34.6. The molecule has 2 rings (SSSR count). The van der Waals surface area contributed by atoms with Gasteiger partial charge in [-0.25, -0.2) is 4.79 Å². The molecule has 2 aromatic carbocycles. The number of carbonyl (C=O) groups is 3. The molecule has 3 N–H and O–H groups in total. The average molecular weight is 376 g/mol. The molecule has 0 saturated carbocycles. The van der Waals surface area contributed by atoms with E-state index < -0.39 is 5.97 Å². The number of halogens is 1. The molecular formula is C18H18ClN3O4. The quantitative estimate of drug-likeness (QED) is 0.674. The van der Waals surface area contributed by atoms with Crippen LogP contribution in [0.3, 0.4) is 0 Å². The third kappa shape index (κ3) is 5.49. The molecule has 26 heavy (non-hydrogen) atoms. The van der Waals surface area contributed by atoms with Crippen molar-refractivity contribution < 1.29 is 19.1 Å². The predicted molar refractivity (Wildman–Crippen MR) is 101 cm³/mol. The van der Waals surface area contributed by atoms with E-state index in [9.17, 15) is 14.4 Å². The van der Waals surface area contributed by atoms with E-state index in [1.165, 1.54) is 32.2 Å². The van der Waals surface area contributed by atoms with Gasteiger partial charge in [0.1, 0.15) is 0 Å². The fraction of sp³-hybridized carbons (Fsp3) is 0.167. The lowest BCUT2D eigenvalue weighted by atomic mass is 10.2. The molecule has 136 valence electrons. The van der Waals surface area contributed by atoms with Gasteiger partial charge in [-0.15, -0.1) is 0 Å². The number of ether oxygens (including phenoxy) is 1. The van der Waals surface area contributed by atoms with Crippen LogP contribution in [-0.2, 0) is 14.3 Å². The summed E-state index contributed by atoms with van der Waals surface area (Å²) in [6.45, 7) is 1.43. The van der Waals surface area contributed by atoms with Crippen molar-refractivity contribution in [2.45, 2.75) is 6.92 Å². The van der Waals surface area contributed by atoms with Crippen LogP contribution < -0.4 is 16.0 Å². The van der Waals surface area contributed by atoms with Crippen molar-refractivity contribution in [3.05, 3.63) is 53.1 Å². The lowest BCUT2D eigenvalue weighted by Crippen LogP contribution is -2.22. The van der Waals surface area contributed by atoms with Crippen LogP contribution in [0.25, 0.3) is 0 Å². The highest BCUT2D eigenvalue weighted by molar-refractivity contribution is 6.33. The van der Waals surface area contributed by atoms with Crippen LogP contribution in [0.4, 0.5) is 17.1 Å². The summed E-state index contributed by atoms with van der Waals surface area (Å²) in [7, 11) is 1.27. The first-order chi connectivity index (χ1) is 12.4. The van der Waals surface area contributed by atoms with Crippen molar-refractivity contribution in [3.63, 3.8) is 0 Å². The van der Waals surface area contributed by atoms with Crippen LogP contribution >= 0.6 is 11.6 Å². The predicted octanol–water partition coefficient (Wildman–Crippen LogP) is 3.14. The number of hydrogen-bond acceptors (Lipinski definition) is 5. The van der Waals surface area contributed by atoms with Crippen LogP contribution in [0, 0.1) is 0 Å². The first kappa shape index (κ1) is 19.3. The van der Waals surface area contributed by atoms with Crippen molar-refractivity contribution in [2.24, 2.45) is 0 Å². The molecule has 7 nitrogen and oxygen atoms in total. The average Bonchev–Trinajstić information content (AvgIpc) is 2.62. The van der Waals surface area contributed by atoms with Crippen LogP contribution in [0.2, 0.25) is 5.02 Å². The van der Waals surface area contributed by atoms with E-state index in [-0.39, 0.29) is 23.9 Å². The van der Waals surface area contributed by atoms with E-state index in [0.29, 0.717) is 22.1 Å². The van der Waals surface area contributed by atoms with Crippen LogP contribution in [0.5, 0.6) is 0 Å². The molecule has 0 unspecified atom stereocenters. The number of carbonyl (C=O) groups excluding carboxylic acids is 3. The number of amides is 2. The summed E-state index contributed by atoms with van der Waals surface area (Å²) in [6, 6.07) is 11.4. The number of rotatable bonds is 6. The summed E-state index contributed by atoms with van der Waals surface area (Å²) in [5, 5.41) is 8.56. The summed E-state index contributed by atoms with van der Waals surface area (Å²) >= 11 is 6.04. The van der Waals surface area contributed by atoms with Gasteiger partial charge in [0.05, 0.1) is 29.9 Å². The van der Waals surface area contributed by atoms with E-state index in [4.69, 9.17) is 11.6 Å². The second-order valence-electron chi connectivity index (χ2n) is 5.35. The topological polar surface area (TPSA) is 96.5 Å². The molecule has 2 amide bonds. The lowest BCUT2D eigenvalue weighted by molar-refractivity contribution is -0.115. The number of methoxy groups -OCH3 is 1. The Morgan fingerprint density at radius 2 is 1.65 bits per heavy atom. The highest BCUT2D eigenvalue weighted by Gasteiger charge is 2.11. The maximum atomic E-state index is 12.1. The van der Waals surface area contributed by atoms with Crippen LogP contribution in [0.15, 0.2) is 42.5 Å². The summed E-state index contributed by atoms with van der Waals surface area (Å²) in [5.41, 5.74) is 1.98. The van der Waals surface area contributed by atoms with Gasteiger partial charge in [-0.2, -0.15) is 0 Å². The highest BCUT2D eigenvalue weighted by Crippen LogP contribution is 2.23. The molecule has 0 aliphatic heterocycles. The Morgan fingerprint density at radius 1 is 1.00 bits per heavy atom. The number of hydrogen-bond donors (Lipinski definition) is 3. The first-order valence-corrected chi connectivity index (χ1v) is 8.06. The van der Waals surface area contributed by atoms with Crippen molar-refractivity contribution >= 4 is 46.4 Å². The van der Waals surface area contributed by atoms with E-state index >= 15 is 0 Å². The van der Waals surface area contributed by atoms with Gasteiger partial charge in [-0.3, -0.25) is 9.59 Å². The van der Waals surface area contributed by atoms with Crippen molar-refractivity contribution in [3.8, 4) is 0 Å². The first-order valence-electron chi connectivity index (χ1n) is 7.68. The Kier molecular flexibility index (Phi) is 6.57. The molecular weight excluding hydrogens is 358 g/mol. The molecule has 0 radical (unpaired) electrons. The number of anilines is 3. The summed E-state index contributed by atoms with van der Waals surface area (Å²) in [5.74, 6) is -1.01. The molecule has 8 heteroatoms. The summed E-state index contributed by atoms with van der Waals surface area (Å²) < 4.78 is 4.64. The van der Waals surface area contributed by atoms with Crippen LogP contribution in [-0.4, -0.2) is 31.4 Å². The zero-order valence-electron chi connectivity index (χ0n) is 14.3. The van der Waals surface area contributed by atoms with Crippen molar-refractivity contribution in [1.82, 2.24) is 0 Å². The van der Waals surface area contributed by atoms with E-state index in [1.807, 2.05) is 0 Å². The van der Waals surface area contributed by atoms with Gasteiger partial charge in [-0.05, 0) is 42.5 Å². The minimum Gasteiger partial charge on any atom is -0.465 e. The fourth-order valence-electron chi connectivity index (χ4n) is 2.12. The summed E-state index contributed by atoms with van der Waals surface area (Å²) in [6.07, 6.45) is 0. The van der Waals surface area contributed by atoms with Crippen molar-refractivity contribution in [2.75, 3.05) is 29.6 Å². The van der Waals surface area contributed by atoms with Gasteiger partial charge in [0.25, 0.3) is 0 Å². The third-order valence-corrected chi connectivity index (χ3v) is 3.65.